The van der Waals surface area contributed by atoms with Crippen LogP contribution in [-0.2, 0) is 4.79 Å². The lowest BCUT2D eigenvalue weighted by atomic mass is 9.80. The SMILES string of the molecule is CCNC(=O)CC1N=C(c2ccc(Cl)cc2)c2cc(-c3ccc(B(O)O)cc3)ccc2-n2c(C)nnc21. The van der Waals surface area contributed by atoms with Crippen LogP contribution in [0.2, 0.25) is 5.02 Å². The molecule has 10 heteroatoms. The van der Waals surface area contributed by atoms with Crippen molar-refractivity contribution in [2.45, 2.75) is 26.3 Å². The molecule has 186 valence electrons. The van der Waals surface area contributed by atoms with Gasteiger partial charge in [0.05, 0.1) is 17.8 Å². The Hall–Kier alpha value is -3.79. The summed E-state index contributed by atoms with van der Waals surface area (Å²) in [5.41, 5.74) is 5.54. The summed E-state index contributed by atoms with van der Waals surface area (Å²) >= 11 is 6.18. The highest BCUT2D eigenvalue weighted by Gasteiger charge is 2.30. The Labute approximate surface area is 219 Å². The van der Waals surface area contributed by atoms with Crippen LogP contribution in [0.4, 0.5) is 0 Å². The number of aryl methyl sites for hydroxylation is 1. The Bertz CT molecular complexity index is 1480. The fourth-order valence-corrected chi connectivity index (χ4v) is 4.67. The molecule has 1 unspecified atom stereocenters. The normalized spacial score (nSPS) is 14.3. The molecule has 1 aliphatic heterocycles. The van der Waals surface area contributed by atoms with Gasteiger partial charge in [0.25, 0.3) is 0 Å². The van der Waals surface area contributed by atoms with Crippen molar-refractivity contribution >= 4 is 35.8 Å². The summed E-state index contributed by atoms with van der Waals surface area (Å²) in [6.07, 6.45) is 0.134. The Morgan fingerprint density at radius 2 is 1.68 bits per heavy atom. The maximum atomic E-state index is 12.6. The van der Waals surface area contributed by atoms with Crippen LogP contribution in [0, 0.1) is 6.92 Å². The first-order valence-electron chi connectivity index (χ1n) is 12.0. The van der Waals surface area contributed by atoms with Gasteiger partial charge in [-0.1, -0.05) is 54.1 Å². The summed E-state index contributed by atoms with van der Waals surface area (Å²) < 4.78 is 1.96. The van der Waals surface area contributed by atoms with Crippen molar-refractivity contribution in [3.63, 3.8) is 0 Å². The molecule has 5 rings (SSSR count). The number of nitrogens with one attached hydrogen (secondary N) is 1. The predicted molar refractivity (Wildman–Crippen MR) is 144 cm³/mol. The average Bonchev–Trinajstić information content (AvgIpc) is 3.21. The highest BCUT2D eigenvalue weighted by molar-refractivity contribution is 6.58. The molecule has 3 N–H and O–H groups in total. The molecule has 0 fully saturated rings. The molecule has 1 amide bonds. The van der Waals surface area contributed by atoms with Crippen LogP contribution < -0.4 is 10.8 Å². The Morgan fingerprint density at radius 3 is 2.35 bits per heavy atom. The van der Waals surface area contributed by atoms with Gasteiger partial charge in [0, 0.05) is 22.7 Å². The molecule has 0 aliphatic carbocycles. The van der Waals surface area contributed by atoms with E-state index in [1.165, 1.54) is 0 Å². The predicted octanol–water partition coefficient (Wildman–Crippen LogP) is 2.99. The van der Waals surface area contributed by atoms with Crippen molar-refractivity contribution < 1.29 is 14.8 Å². The van der Waals surface area contributed by atoms with E-state index in [4.69, 9.17) is 16.6 Å². The van der Waals surface area contributed by atoms with Gasteiger partial charge in [-0.3, -0.25) is 14.4 Å². The van der Waals surface area contributed by atoms with E-state index < -0.39 is 13.2 Å². The van der Waals surface area contributed by atoms with Crippen LogP contribution in [0.15, 0.2) is 71.7 Å². The number of hydrogen-bond acceptors (Lipinski definition) is 6. The molecule has 0 spiro atoms. The first-order chi connectivity index (χ1) is 17.9. The quantitative estimate of drug-likeness (QED) is 0.343. The Balaban J connectivity index is 1.71. The lowest BCUT2D eigenvalue weighted by molar-refractivity contribution is -0.121. The van der Waals surface area contributed by atoms with Crippen LogP contribution in [0.3, 0.4) is 0 Å². The van der Waals surface area contributed by atoms with Gasteiger partial charge in [-0.2, -0.15) is 0 Å². The topological polar surface area (TPSA) is 113 Å². The molecule has 0 radical (unpaired) electrons. The van der Waals surface area contributed by atoms with E-state index >= 15 is 0 Å². The second-order valence-corrected chi connectivity index (χ2v) is 9.26. The second-order valence-electron chi connectivity index (χ2n) is 8.83. The number of fused-ring (bicyclic) bond motifs is 3. The molecule has 0 saturated carbocycles. The van der Waals surface area contributed by atoms with Gasteiger partial charge in [-0.05, 0) is 54.7 Å². The molecule has 0 bridgehead atoms. The van der Waals surface area contributed by atoms with Gasteiger partial charge in [0.2, 0.25) is 5.91 Å². The number of benzene rings is 3. The Morgan fingerprint density at radius 1 is 1.00 bits per heavy atom. The zero-order valence-corrected chi connectivity index (χ0v) is 21.1. The average molecular weight is 514 g/mol. The smallest absolute Gasteiger partial charge is 0.423 e. The zero-order valence-electron chi connectivity index (χ0n) is 20.4. The van der Waals surface area contributed by atoms with Crippen molar-refractivity contribution in [3.05, 3.63) is 94.5 Å². The largest absolute Gasteiger partial charge is 0.488 e. The highest BCUT2D eigenvalue weighted by Crippen LogP contribution is 2.35. The van der Waals surface area contributed by atoms with E-state index in [9.17, 15) is 14.8 Å². The number of nitrogens with zero attached hydrogens (tertiary/aromatic N) is 4. The maximum absolute atomic E-state index is 12.6. The van der Waals surface area contributed by atoms with Gasteiger partial charge in [-0.15, -0.1) is 10.2 Å². The third kappa shape index (κ3) is 4.93. The number of rotatable bonds is 6. The monoisotopic (exact) mass is 513 g/mol. The van der Waals surface area contributed by atoms with Crippen LogP contribution in [-0.4, -0.2) is 50.1 Å². The number of carbonyl (C=O) groups is 1. The summed E-state index contributed by atoms with van der Waals surface area (Å²) in [6.45, 7) is 4.29. The van der Waals surface area contributed by atoms with E-state index in [1.807, 2.05) is 73.0 Å². The summed E-state index contributed by atoms with van der Waals surface area (Å²) in [5.74, 6) is 1.18. The second kappa shape index (κ2) is 10.3. The summed E-state index contributed by atoms with van der Waals surface area (Å²) in [4.78, 5) is 17.7. The van der Waals surface area contributed by atoms with Crippen LogP contribution in [0.5, 0.6) is 0 Å². The van der Waals surface area contributed by atoms with E-state index in [2.05, 4.69) is 15.5 Å². The van der Waals surface area contributed by atoms with Crippen molar-refractivity contribution in [2.75, 3.05) is 6.54 Å². The van der Waals surface area contributed by atoms with Crippen molar-refractivity contribution in [1.29, 1.82) is 0 Å². The summed E-state index contributed by atoms with van der Waals surface area (Å²) in [6, 6.07) is 20.0. The van der Waals surface area contributed by atoms with Gasteiger partial charge >= 0.3 is 7.12 Å². The molecule has 4 aromatic rings. The number of aliphatic imine (C=N–C) groups is 1. The molecular weight excluding hydrogens is 489 g/mol. The minimum atomic E-state index is -1.53. The summed E-state index contributed by atoms with van der Waals surface area (Å²) in [5, 5.41) is 31.1. The molecule has 1 aliphatic rings. The molecule has 2 heterocycles. The van der Waals surface area contributed by atoms with Crippen LogP contribution >= 0.6 is 11.6 Å². The standard InChI is InChI=1S/C27H25BClN5O3/c1-3-30-25(35)15-23-27-33-32-16(2)34(27)24-13-8-19(17-4-9-20(10-5-17)28(36)37)14-22(24)26(31-23)18-6-11-21(29)12-7-18/h4-14,23,36-37H,3,15H2,1-2H3,(H,30,35). The third-order valence-electron chi connectivity index (χ3n) is 6.34. The fourth-order valence-electron chi connectivity index (χ4n) is 4.54. The number of carbonyl (C=O) groups excluding carboxylic acids is 1. The molecule has 1 aromatic heterocycles. The number of hydrogen-bond donors (Lipinski definition) is 3. The zero-order chi connectivity index (χ0) is 26.1. The molecule has 8 nitrogen and oxygen atoms in total. The Kier molecular flexibility index (Phi) is 6.93. The van der Waals surface area contributed by atoms with Gasteiger partial charge < -0.3 is 15.4 Å². The highest BCUT2D eigenvalue weighted by atomic mass is 35.5. The number of aromatic nitrogens is 3. The van der Waals surface area contributed by atoms with E-state index in [1.54, 1.807) is 12.1 Å². The van der Waals surface area contributed by atoms with E-state index in [-0.39, 0.29) is 12.3 Å². The van der Waals surface area contributed by atoms with E-state index in [0.717, 1.165) is 33.7 Å². The first kappa shape index (κ1) is 24.9. The fraction of sp³-hybridized carbons (Fsp3) is 0.185. The third-order valence-corrected chi connectivity index (χ3v) is 6.59. The van der Waals surface area contributed by atoms with Crippen LogP contribution in [0.1, 0.15) is 42.2 Å². The number of amides is 1. The molecule has 37 heavy (non-hydrogen) atoms. The number of halogens is 1. The molecule has 0 saturated heterocycles. The van der Waals surface area contributed by atoms with E-state index in [0.29, 0.717) is 28.7 Å². The van der Waals surface area contributed by atoms with Crippen molar-refractivity contribution in [1.82, 2.24) is 20.1 Å². The summed E-state index contributed by atoms with van der Waals surface area (Å²) in [7, 11) is -1.53. The van der Waals surface area contributed by atoms with Gasteiger partial charge in [0.15, 0.2) is 5.82 Å². The lowest BCUT2D eigenvalue weighted by Gasteiger charge is -2.15. The molecular formula is C27H25BClN5O3. The van der Waals surface area contributed by atoms with Crippen molar-refractivity contribution in [3.8, 4) is 16.8 Å². The lowest BCUT2D eigenvalue weighted by Crippen LogP contribution is -2.29. The van der Waals surface area contributed by atoms with Crippen molar-refractivity contribution in [2.24, 2.45) is 4.99 Å². The maximum Gasteiger partial charge on any atom is 0.488 e. The van der Waals surface area contributed by atoms with Crippen LogP contribution in [0.25, 0.3) is 16.8 Å². The minimum absolute atomic E-state index is 0.114. The molecule has 1 atom stereocenters. The van der Waals surface area contributed by atoms with Gasteiger partial charge in [0.1, 0.15) is 11.9 Å². The first-order valence-corrected chi connectivity index (χ1v) is 12.4. The minimum Gasteiger partial charge on any atom is -0.423 e. The molecule has 3 aromatic carbocycles. The van der Waals surface area contributed by atoms with Gasteiger partial charge in [-0.25, -0.2) is 0 Å².